The molecule has 0 atom stereocenters. The SMILES string of the molecule is CC(=O)Nc1cnc(N)c2ccc(-n3cc(C)c4c3CC(C)(C)CC4=O)cc12. The van der Waals surface area contributed by atoms with Crippen molar-refractivity contribution in [3.8, 4) is 5.69 Å². The van der Waals surface area contributed by atoms with Gasteiger partial charge in [-0.2, -0.15) is 0 Å². The molecular weight excluding hydrogens is 352 g/mol. The Labute approximate surface area is 163 Å². The van der Waals surface area contributed by atoms with Gasteiger partial charge in [0.2, 0.25) is 5.91 Å². The number of nitrogens with zero attached hydrogens (tertiary/aromatic N) is 2. The lowest BCUT2D eigenvalue weighted by Crippen LogP contribution is -2.28. The predicted octanol–water partition coefficient (Wildman–Crippen LogP) is 4.03. The maximum absolute atomic E-state index is 12.7. The molecule has 1 aromatic carbocycles. The highest BCUT2D eigenvalue weighted by atomic mass is 16.1. The first-order chi connectivity index (χ1) is 13.2. The minimum atomic E-state index is -0.167. The van der Waals surface area contributed by atoms with Crippen LogP contribution >= 0.6 is 0 Å². The largest absolute Gasteiger partial charge is 0.383 e. The van der Waals surface area contributed by atoms with Crippen LogP contribution in [0.2, 0.25) is 0 Å². The van der Waals surface area contributed by atoms with Crippen LogP contribution in [0.5, 0.6) is 0 Å². The van der Waals surface area contributed by atoms with Gasteiger partial charge >= 0.3 is 0 Å². The van der Waals surface area contributed by atoms with Gasteiger partial charge in [-0.1, -0.05) is 13.8 Å². The van der Waals surface area contributed by atoms with E-state index in [2.05, 4.69) is 28.7 Å². The van der Waals surface area contributed by atoms with Crippen molar-refractivity contribution in [1.82, 2.24) is 9.55 Å². The molecule has 0 fully saturated rings. The number of aromatic nitrogens is 2. The molecule has 6 nitrogen and oxygen atoms in total. The number of carbonyl (C=O) groups excluding carboxylic acids is 2. The second kappa shape index (κ2) is 6.19. The fourth-order valence-electron chi connectivity index (χ4n) is 4.20. The summed E-state index contributed by atoms with van der Waals surface area (Å²) in [5, 5.41) is 4.42. The van der Waals surface area contributed by atoms with Crippen molar-refractivity contribution in [1.29, 1.82) is 0 Å². The monoisotopic (exact) mass is 376 g/mol. The van der Waals surface area contributed by atoms with Crippen molar-refractivity contribution in [2.75, 3.05) is 11.1 Å². The quantitative estimate of drug-likeness (QED) is 0.706. The summed E-state index contributed by atoms with van der Waals surface area (Å²) in [5.41, 5.74) is 10.4. The standard InChI is InChI=1S/C22H24N4O2/c1-12-11-26(18-8-22(3,4)9-19(28)20(12)18)14-5-6-15-16(7-14)17(25-13(2)27)10-24-21(15)23/h5-7,10-11H,8-9H2,1-4H3,(H2,23,24)(H,25,27). The van der Waals surface area contributed by atoms with Crippen molar-refractivity contribution in [2.45, 2.75) is 40.5 Å². The number of ketones is 1. The minimum Gasteiger partial charge on any atom is -0.383 e. The number of nitrogens with one attached hydrogen (secondary N) is 1. The molecule has 0 bridgehead atoms. The van der Waals surface area contributed by atoms with Gasteiger partial charge in [-0.3, -0.25) is 9.59 Å². The molecule has 3 N–H and O–H groups in total. The molecule has 28 heavy (non-hydrogen) atoms. The first-order valence-electron chi connectivity index (χ1n) is 9.36. The summed E-state index contributed by atoms with van der Waals surface area (Å²) < 4.78 is 2.09. The number of hydrogen-bond acceptors (Lipinski definition) is 4. The van der Waals surface area contributed by atoms with E-state index in [4.69, 9.17) is 5.73 Å². The van der Waals surface area contributed by atoms with Crippen LogP contribution in [0, 0.1) is 12.3 Å². The summed E-state index contributed by atoms with van der Waals surface area (Å²) in [6.45, 7) is 7.70. The molecule has 2 aromatic heterocycles. The third kappa shape index (κ3) is 2.95. The Morgan fingerprint density at radius 2 is 2.00 bits per heavy atom. The number of Topliss-reactive ketones (excluding diaryl/α,β-unsaturated/α-hetero) is 1. The van der Waals surface area contributed by atoms with Crippen LogP contribution in [0.15, 0.2) is 30.6 Å². The van der Waals surface area contributed by atoms with Crippen molar-refractivity contribution >= 4 is 34.0 Å². The van der Waals surface area contributed by atoms with Gasteiger partial charge in [-0.25, -0.2) is 4.98 Å². The molecule has 2 heterocycles. The number of benzene rings is 1. The highest BCUT2D eigenvalue weighted by Crippen LogP contribution is 2.38. The predicted molar refractivity (Wildman–Crippen MR) is 111 cm³/mol. The Hall–Kier alpha value is -3.15. The second-order valence-electron chi connectivity index (χ2n) is 8.41. The molecule has 1 amide bonds. The van der Waals surface area contributed by atoms with Gasteiger partial charge < -0.3 is 15.6 Å². The number of nitrogens with two attached hydrogens (primary N) is 1. The smallest absolute Gasteiger partial charge is 0.221 e. The minimum absolute atomic E-state index is 0.0703. The number of nitrogen functional groups attached to an aromatic ring is 1. The van der Waals surface area contributed by atoms with E-state index in [9.17, 15) is 9.59 Å². The van der Waals surface area contributed by atoms with Gasteiger partial charge in [0.15, 0.2) is 5.78 Å². The third-order valence-corrected chi connectivity index (χ3v) is 5.35. The van der Waals surface area contributed by atoms with Crippen molar-refractivity contribution in [2.24, 2.45) is 5.41 Å². The van der Waals surface area contributed by atoms with Crippen LogP contribution in [0.4, 0.5) is 11.5 Å². The average Bonchev–Trinajstić information content (AvgIpc) is 2.92. The number of amides is 1. The molecule has 1 aliphatic rings. The third-order valence-electron chi connectivity index (χ3n) is 5.35. The van der Waals surface area contributed by atoms with Crippen molar-refractivity contribution in [3.63, 3.8) is 0 Å². The highest BCUT2D eigenvalue weighted by molar-refractivity contribution is 6.05. The van der Waals surface area contributed by atoms with E-state index in [1.54, 1.807) is 6.20 Å². The van der Waals surface area contributed by atoms with Gasteiger partial charge in [-0.15, -0.1) is 0 Å². The summed E-state index contributed by atoms with van der Waals surface area (Å²) >= 11 is 0. The van der Waals surface area contributed by atoms with Crippen molar-refractivity contribution < 1.29 is 9.59 Å². The normalized spacial score (nSPS) is 15.5. The van der Waals surface area contributed by atoms with E-state index in [0.29, 0.717) is 17.9 Å². The lowest BCUT2D eigenvalue weighted by Gasteiger charge is -2.30. The highest BCUT2D eigenvalue weighted by Gasteiger charge is 2.34. The van der Waals surface area contributed by atoms with E-state index < -0.39 is 0 Å². The maximum atomic E-state index is 12.7. The fourth-order valence-corrected chi connectivity index (χ4v) is 4.20. The number of carbonyl (C=O) groups is 2. The topological polar surface area (TPSA) is 90.0 Å². The van der Waals surface area contributed by atoms with Crippen LogP contribution in [0.25, 0.3) is 16.5 Å². The van der Waals surface area contributed by atoms with Gasteiger partial charge in [0.05, 0.1) is 11.9 Å². The van der Waals surface area contributed by atoms with E-state index in [-0.39, 0.29) is 17.1 Å². The van der Waals surface area contributed by atoms with Gasteiger partial charge in [-0.05, 0) is 42.5 Å². The summed E-state index contributed by atoms with van der Waals surface area (Å²) in [4.78, 5) is 28.5. The Kier molecular flexibility index (Phi) is 4.03. The summed E-state index contributed by atoms with van der Waals surface area (Å²) in [5.74, 6) is 0.452. The van der Waals surface area contributed by atoms with Crippen LogP contribution in [0.3, 0.4) is 0 Å². The first-order valence-corrected chi connectivity index (χ1v) is 9.36. The van der Waals surface area contributed by atoms with Crippen LogP contribution < -0.4 is 11.1 Å². The second-order valence-corrected chi connectivity index (χ2v) is 8.41. The first kappa shape index (κ1) is 18.2. The number of fused-ring (bicyclic) bond motifs is 2. The van der Waals surface area contributed by atoms with Gasteiger partial charge in [0.25, 0.3) is 0 Å². The molecule has 0 saturated heterocycles. The molecule has 0 aliphatic heterocycles. The average molecular weight is 376 g/mol. The van der Waals surface area contributed by atoms with Crippen molar-refractivity contribution in [3.05, 3.63) is 47.4 Å². The molecule has 0 unspecified atom stereocenters. The van der Waals surface area contributed by atoms with Gasteiger partial charge in [0, 0.05) is 47.3 Å². The zero-order valence-corrected chi connectivity index (χ0v) is 16.6. The molecule has 1 aliphatic carbocycles. The van der Waals surface area contributed by atoms with E-state index >= 15 is 0 Å². The Balaban J connectivity index is 1.93. The molecule has 3 aromatic rings. The molecular formula is C22H24N4O2. The molecule has 0 radical (unpaired) electrons. The lowest BCUT2D eigenvalue weighted by atomic mass is 9.75. The lowest BCUT2D eigenvalue weighted by molar-refractivity contribution is -0.114. The Morgan fingerprint density at radius 3 is 2.71 bits per heavy atom. The number of pyridine rings is 1. The van der Waals surface area contributed by atoms with E-state index in [0.717, 1.165) is 39.7 Å². The van der Waals surface area contributed by atoms with E-state index in [1.807, 2.05) is 31.3 Å². The molecule has 4 rings (SSSR count). The maximum Gasteiger partial charge on any atom is 0.221 e. The number of rotatable bonds is 2. The number of hydrogen-bond donors (Lipinski definition) is 2. The summed E-state index contributed by atoms with van der Waals surface area (Å²) in [6, 6.07) is 5.88. The van der Waals surface area contributed by atoms with Crippen LogP contribution in [-0.2, 0) is 11.2 Å². The molecule has 0 spiro atoms. The van der Waals surface area contributed by atoms with Crippen LogP contribution in [0.1, 0.15) is 48.8 Å². The molecule has 144 valence electrons. The molecule has 6 heteroatoms. The summed E-state index contributed by atoms with van der Waals surface area (Å²) in [6.07, 6.45) is 4.99. The number of aryl methyl sites for hydroxylation is 1. The Morgan fingerprint density at radius 1 is 1.25 bits per heavy atom. The Bertz CT molecular complexity index is 1140. The fraction of sp³-hybridized carbons (Fsp3) is 0.318. The van der Waals surface area contributed by atoms with Gasteiger partial charge in [0.1, 0.15) is 5.82 Å². The van der Waals surface area contributed by atoms with Crippen LogP contribution in [-0.4, -0.2) is 21.2 Å². The zero-order chi connectivity index (χ0) is 20.2. The summed E-state index contributed by atoms with van der Waals surface area (Å²) in [7, 11) is 0. The van der Waals surface area contributed by atoms with E-state index in [1.165, 1.54) is 6.92 Å². The number of anilines is 2. The zero-order valence-electron chi connectivity index (χ0n) is 16.6. The molecule has 0 saturated carbocycles.